The molecule has 0 saturated heterocycles. The van der Waals surface area contributed by atoms with Crippen LogP contribution >= 0.6 is 0 Å². The van der Waals surface area contributed by atoms with Crippen molar-refractivity contribution in [1.29, 1.82) is 0 Å². The molecule has 0 spiro atoms. The molecule has 0 bridgehead atoms. The van der Waals surface area contributed by atoms with E-state index in [-0.39, 0.29) is 12.5 Å². The van der Waals surface area contributed by atoms with E-state index in [1.807, 2.05) is 6.92 Å². The van der Waals surface area contributed by atoms with Gasteiger partial charge in [-0.2, -0.15) is 0 Å². The summed E-state index contributed by atoms with van der Waals surface area (Å²) in [5, 5.41) is 2.90. The first kappa shape index (κ1) is 12.5. The highest BCUT2D eigenvalue weighted by atomic mass is 16.5. The van der Waals surface area contributed by atoms with Crippen molar-refractivity contribution in [3.8, 4) is 0 Å². The van der Waals surface area contributed by atoms with Crippen LogP contribution in [0, 0.1) is 5.92 Å². The maximum atomic E-state index is 11.2. The highest BCUT2D eigenvalue weighted by Crippen LogP contribution is 2.25. The van der Waals surface area contributed by atoms with Crippen molar-refractivity contribution < 1.29 is 9.53 Å². The van der Waals surface area contributed by atoms with Gasteiger partial charge in [-0.05, 0) is 19.3 Å². The van der Waals surface area contributed by atoms with Gasteiger partial charge in [0.2, 0.25) is 5.91 Å². The SMILES string of the molecule is CCOCC(=O)NCCC1CCCCC1. The normalized spacial score (nSPS) is 17.7. The average Bonchev–Trinajstić information content (AvgIpc) is 2.28. The highest BCUT2D eigenvalue weighted by Gasteiger charge is 2.13. The Bertz CT molecular complexity index is 176. The van der Waals surface area contributed by atoms with Crippen LogP contribution in [0.4, 0.5) is 0 Å². The number of hydrogen-bond donors (Lipinski definition) is 1. The van der Waals surface area contributed by atoms with Gasteiger partial charge in [-0.15, -0.1) is 0 Å². The molecule has 3 heteroatoms. The van der Waals surface area contributed by atoms with Crippen LogP contribution in [-0.4, -0.2) is 25.7 Å². The second kappa shape index (κ2) is 7.69. The maximum absolute atomic E-state index is 11.2. The van der Waals surface area contributed by atoms with Gasteiger partial charge in [0.15, 0.2) is 0 Å². The number of hydrogen-bond acceptors (Lipinski definition) is 2. The van der Waals surface area contributed by atoms with Gasteiger partial charge in [-0.25, -0.2) is 0 Å². The van der Waals surface area contributed by atoms with Gasteiger partial charge in [-0.1, -0.05) is 32.1 Å². The van der Waals surface area contributed by atoms with Crippen LogP contribution in [0.2, 0.25) is 0 Å². The van der Waals surface area contributed by atoms with Crippen molar-refractivity contribution in [1.82, 2.24) is 5.32 Å². The molecule has 15 heavy (non-hydrogen) atoms. The molecule has 0 atom stereocenters. The first-order valence-corrected chi connectivity index (χ1v) is 6.17. The molecule has 1 saturated carbocycles. The molecule has 0 unspecified atom stereocenters. The third kappa shape index (κ3) is 5.78. The minimum Gasteiger partial charge on any atom is -0.372 e. The molecule has 3 nitrogen and oxygen atoms in total. The molecule has 1 amide bonds. The molecule has 1 rings (SSSR count). The third-order valence-corrected chi connectivity index (χ3v) is 3.04. The molecule has 1 aliphatic rings. The summed E-state index contributed by atoms with van der Waals surface area (Å²) in [6, 6.07) is 0. The van der Waals surface area contributed by atoms with E-state index in [1.165, 1.54) is 32.1 Å². The molecule has 0 aliphatic heterocycles. The van der Waals surface area contributed by atoms with E-state index < -0.39 is 0 Å². The Kier molecular flexibility index (Phi) is 6.41. The highest BCUT2D eigenvalue weighted by molar-refractivity contribution is 5.77. The minimum atomic E-state index is 0.0210. The van der Waals surface area contributed by atoms with Crippen molar-refractivity contribution in [2.45, 2.75) is 45.4 Å². The predicted molar refractivity (Wildman–Crippen MR) is 60.7 cm³/mol. The summed E-state index contributed by atoms with van der Waals surface area (Å²) in [6.07, 6.45) is 7.98. The van der Waals surface area contributed by atoms with Crippen molar-refractivity contribution in [3.05, 3.63) is 0 Å². The second-order valence-corrected chi connectivity index (χ2v) is 4.28. The van der Waals surface area contributed by atoms with E-state index in [0.717, 1.165) is 18.9 Å². The van der Waals surface area contributed by atoms with Gasteiger partial charge in [0.05, 0.1) is 0 Å². The van der Waals surface area contributed by atoms with Crippen LogP contribution in [0.25, 0.3) is 0 Å². The molecule has 1 N–H and O–H groups in total. The van der Waals surface area contributed by atoms with Gasteiger partial charge < -0.3 is 10.1 Å². The van der Waals surface area contributed by atoms with Gasteiger partial charge in [0, 0.05) is 13.2 Å². The zero-order chi connectivity index (χ0) is 10.9. The molecular weight excluding hydrogens is 190 g/mol. The Hall–Kier alpha value is -0.570. The smallest absolute Gasteiger partial charge is 0.245 e. The summed E-state index contributed by atoms with van der Waals surface area (Å²) in [4.78, 5) is 11.2. The largest absolute Gasteiger partial charge is 0.372 e. The van der Waals surface area contributed by atoms with E-state index in [2.05, 4.69) is 5.32 Å². The van der Waals surface area contributed by atoms with Crippen LogP contribution in [0.5, 0.6) is 0 Å². The number of nitrogens with one attached hydrogen (secondary N) is 1. The molecule has 1 aliphatic carbocycles. The van der Waals surface area contributed by atoms with E-state index in [4.69, 9.17) is 4.74 Å². The molecular formula is C12H23NO2. The first-order chi connectivity index (χ1) is 7.33. The lowest BCUT2D eigenvalue weighted by Crippen LogP contribution is -2.29. The van der Waals surface area contributed by atoms with Gasteiger partial charge in [-0.3, -0.25) is 4.79 Å². The van der Waals surface area contributed by atoms with Crippen molar-refractivity contribution in [3.63, 3.8) is 0 Å². The Balaban J connectivity index is 1.97. The predicted octanol–water partition coefficient (Wildman–Crippen LogP) is 2.11. The number of carbonyl (C=O) groups excluding carboxylic acids is 1. The molecule has 1 fully saturated rings. The van der Waals surface area contributed by atoms with Crippen molar-refractivity contribution in [2.75, 3.05) is 19.8 Å². The van der Waals surface area contributed by atoms with Crippen LogP contribution in [0.15, 0.2) is 0 Å². The lowest BCUT2D eigenvalue weighted by molar-refractivity contribution is -0.125. The van der Waals surface area contributed by atoms with E-state index >= 15 is 0 Å². The summed E-state index contributed by atoms with van der Waals surface area (Å²) < 4.78 is 5.03. The standard InChI is InChI=1S/C12H23NO2/c1-2-15-10-12(14)13-9-8-11-6-4-3-5-7-11/h11H,2-10H2,1H3,(H,13,14). The van der Waals surface area contributed by atoms with Gasteiger partial charge in [0.25, 0.3) is 0 Å². The van der Waals surface area contributed by atoms with E-state index in [1.54, 1.807) is 0 Å². The van der Waals surface area contributed by atoms with Crippen molar-refractivity contribution in [2.24, 2.45) is 5.92 Å². The van der Waals surface area contributed by atoms with Gasteiger partial charge in [0.1, 0.15) is 6.61 Å². The van der Waals surface area contributed by atoms with E-state index in [0.29, 0.717) is 6.61 Å². The van der Waals surface area contributed by atoms with Crippen LogP contribution < -0.4 is 5.32 Å². The Morgan fingerprint density at radius 3 is 2.73 bits per heavy atom. The third-order valence-electron chi connectivity index (χ3n) is 3.04. The van der Waals surface area contributed by atoms with Crippen LogP contribution in [0.3, 0.4) is 0 Å². The minimum absolute atomic E-state index is 0.0210. The number of rotatable bonds is 6. The summed E-state index contributed by atoms with van der Waals surface area (Å²) in [5.41, 5.74) is 0. The monoisotopic (exact) mass is 213 g/mol. The Morgan fingerprint density at radius 2 is 2.07 bits per heavy atom. The maximum Gasteiger partial charge on any atom is 0.245 e. The fourth-order valence-corrected chi connectivity index (χ4v) is 2.14. The Morgan fingerprint density at radius 1 is 1.33 bits per heavy atom. The zero-order valence-electron chi connectivity index (χ0n) is 9.76. The van der Waals surface area contributed by atoms with Crippen LogP contribution in [-0.2, 0) is 9.53 Å². The average molecular weight is 213 g/mol. The zero-order valence-corrected chi connectivity index (χ0v) is 9.76. The topological polar surface area (TPSA) is 38.3 Å². The number of amides is 1. The number of ether oxygens (including phenoxy) is 1. The molecule has 88 valence electrons. The molecule has 0 radical (unpaired) electrons. The second-order valence-electron chi connectivity index (χ2n) is 4.28. The van der Waals surface area contributed by atoms with E-state index in [9.17, 15) is 4.79 Å². The fourth-order valence-electron chi connectivity index (χ4n) is 2.14. The molecule has 0 aromatic carbocycles. The number of carbonyl (C=O) groups is 1. The summed E-state index contributed by atoms with van der Waals surface area (Å²) in [6.45, 7) is 3.53. The lowest BCUT2D eigenvalue weighted by atomic mass is 9.87. The molecule has 0 aromatic rings. The first-order valence-electron chi connectivity index (χ1n) is 6.17. The summed E-state index contributed by atoms with van der Waals surface area (Å²) in [5.74, 6) is 0.860. The Labute approximate surface area is 92.6 Å². The summed E-state index contributed by atoms with van der Waals surface area (Å²) in [7, 11) is 0. The fraction of sp³-hybridized carbons (Fsp3) is 0.917. The summed E-state index contributed by atoms with van der Waals surface area (Å²) >= 11 is 0. The lowest BCUT2D eigenvalue weighted by Gasteiger charge is -2.21. The van der Waals surface area contributed by atoms with Gasteiger partial charge >= 0.3 is 0 Å². The van der Waals surface area contributed by atoms with Crippen molar-refractivity contribution >= 4 is 5.91 Å². The molecule has 0 heterocycles. The molecule has 0 aromatic heterocycles. The van der Waals surface area contributed by atoms with Crippen LogP contribution in [0.1, 0.15) is 45.4 Å². The quantitative estimate of drug-likeness (QED) is 0.734.